The zero-order valence-electron chi connectivity index (χ0n) is 21.2. The van der Waals surface area contributed by atoms with Crippen LogP contribution in [-0.2, 0) is 10.2 Å². The van der Waals surface area contributed by atoms with Crippen LogP contribution in [0.25, 0.3) is 11.0 Å². The monoisotopic (exact) mass is 498 g/mol. The molecule has 7 heteroatoms. The Morgan fingerprint density at radius 1 is 1.11 bits per heavy atom. The average Bonchev–Trinajstić information content (AvgIpc) is 2.86. The number of anilines is 2. The van der Waals surface area contributed by atoms with E-state index in [0.717, 1.165) is 11.1 Å². The average molecular weight is 499 g/mol. The van der Waals surface area contributed by atoms with E-state index in [9.17, 15) is 14.7 Å². The van der Waals surface area contributed by atoms with Gasteiger partial charge in [0.15, 0.2) is 11.3 Å². The van der Waals surface area contributed by atoms with Gasteiger partial charge in [-0.1, -0.05) is 48.5 Å². The van der Waals surface area contributed by atoms with Crippen molar-refractivity contribution in [2.45, 2.75) is 25.3 Å². The van der Waals surface area contributed by atoms with Crippen molar-refractivity contribution in [1.29, 1.82) is 0 Å². The van der Waals surface area contributed by atoms with Gasteiger partial charge in [-0.2, -0.15) is 0 Å². The molecule has 3 aromatic carbocycles. The number of carboxylic acid groups (broad SMARTS) is 1. The Morgan fingerprint density at radius 2 is 1.81 bits per heavy atom. The van der Waals surface area contributed by atoms with Gasteiger partial charge in [-0.3, -0.25) is 4.79 Å². The van der Waals surface area contributed by atoms with Crippen LogP contribution in [-0.4, -0.2) is 37.9 Å². The molecule has 0 amide bonds. The number of hydrogen-bond acceptors (Lipinski definition) is 6. The summed E-state index contributed by atoms with van der Waals surface area (Å²) < 4.78 is 12.0. The molecule has 1 atom stereocenters. The van der Waals surface area contributed by atoms with Gasteiger partial charge in [0.1, 0.15) is 5.58 Å². The lowest BCUT2D eigenvalue weighted by Crippen LogP contribution is -2.62. The highest BCUT2D eigenvalue weighted by atomic mass is 16.5. The van der Waals surface area contributed by atoms with Gasteiger partial charge in [0.2, 0.25) is 0 Å². The normalized spacial score (nSPS) is 15.3. The first-order valence-corrected chi connectivity index (χ1v) is 12.3. The molecule has 0 spiro atoms. The molecule has 0 radical (unpaired) electrons. The predicted octanol–water partition coefficient (Wildman–Crippen LogP) is 5.38. The second-order valence-corrected chi connectivity index (χ2v) is 9.83. The van der Waals surface area contributed by atoms with E-state index in [1.54, 1.807) is 37.4 Å². The lowest BCUT2D eigenvalue weighted by Gasteiger charge is -2.50. The van der Waals surface area contributed by atoms with Gasteiger partial charge >= 0.3 is 5.97 Å². The molecule has 2 N–H and O–H groups in total. The Bertz CT molecular complexity index is 1510. The molecule has 5 rings (SSSR count). The van der Waals surface area contributed by atoms with Crippen LogP contribution in [0.3, 0.4) is 0 Å². The van der Waals surface area contributed by atoms with Crippen molar-refractivity contribution in [3.8, 4) is 0 Å². The Hall–Kier alpha value is -4.10. The fourth-order valence-corrected chi connectivity index (χ4v) is 5.27. The van der Waals surface area contributed by atoms with Gasteiger partial charge in [-0.15, -0.1) is 0 Å². The first-order chi connectivity index (χ1) is 17.8. The van der Waals surface area contributed by atoms with Crippen molar-refractivity contribution >= 4 is 28.5 Å². The Kier molecular flexibility index (Phi) is 6.48. The Morgan fingerprint density at radius 3 is 2.51 bits per heavy atom. The van der Waals surface area contributed by atoms with Crippen LogP contribution in [0.4, 0.5) is 11.6 Å². The van der Waals surface area contributed by atoms with Gasteiger partial charge in [0.25, 0.3) is 0 Å². The van der Waals surface area contributed by atoms with E-state index >= 15 is 0 Å². The molecule has 0 saturated carbocycles. The molecule has 190 valence electrons. The van der Waals surface area contributed by atoms with Crippen LogP contribution < -0.4 is 15.6 Å². The Balaban J connectivity index is 1.51. The van der Waals surface area contributed by atoms with Crippen molar-refractivity contribution in [2.24, 2.45) is 0 Å². The molecule has 37 heavy (non-hydrogen) atoms. The number of carbonyl (C=O) groups is 1. The van der Waals surface area contributed by atoms with E-state index in [-0.39, 0.29) is 22.4 Å². The zero-order chi connectivity index (χ0) is 26.2. The molecule has 4 aromatic rings. The number of nitrogens with one attached hydrogen (secondary N) is 1. The minimum Gasteiger partial charge on any atom is -0.478 e. The van der Waals surface area contributed by atoms with E-state index in [4.69, 9.17) is 9.15 Å². The number of methoxy groups -OCH3 is 1. The van der Waals surface area contributed by atoms with Crippen molar-refractivity contribution in [2.75, 3.05) is 37.0 Å². The molecule has 1 aliphatic heterocycles. The lowest BCUT2D eigenvalue weighted by atomic mass is 9.74. The summed E-state index contributed by atoms with van der Waals surface area (Å²) in [5.74, 6) is -0.489. The van der Waals surface area contributed by atoms with Crippen LogP contribution in [0, 0.1) is 6.92 Å². The first-order valence-electron chi connectivity index (χ1n) is 12.3. The molecule has 1 unspecified atom stereocenters. The largest absolute Gasteiger partial charge is 0.478 e. The zero-order valence-corrected chi connectivity index (χ0v) is 21.2. The topological polar surface area (TPSA) is 92.0 Å². The number of ether oxygens (including phenoxy) is 1. The maximum atomic E-state index is 13.2. The van der Waals surface area contributed by atoms with Crippen LogP contribution >= 0.6 is 0 Å². The van der Waals surface area contributed by atoms with E-state index < -0.39 is 5.97 Å². The summed E-state index contributed by atoms with van der Waals surface area (Å²) in [6, 6.07) is 22.1. The van der Waals surface area contributed by atoms with Crippen molar-refractivity contribution < 1.29 is 19.1 Å². The minimum absolute atomic E-state index is 0.108. The van der Waals surface area contributed by atoms with Crippen molar-refractivity contribution in [3.05, 3.63) is 105 Å². The van der Waals surface area contributed by atoms with Crippen LogP contribution in [0.2, 0.25) is 0 Å². The van der Waals surface area contributed by atoms with Crippen molar-refractivity contribution in [1.82, 2.24) is 0 Å². The summed E-state index contributed by atoms with van der Waals surface area (Å²) in [7, 11) is 1.70. The quantitative estimate of drug-likeness (QED) is 0.337. The van der Waals surface area contributed by atoms with E-state index in [1.807, 2.05) is 44.2 Å². The number of rotatable bonds is 8. The van der Waals surface area contributed by atoms with Crippen LogP contribution in [0.5, 0.6) is 0 Å². The molecule has 1 aromatic heterocycles. The second kappa shape index (κ2) is 9.75. The van der Waals surface area contributed by atoms with E-state index in [2.05, 4.69) is 22.3 Å². The highest BCUT2D eigenvalue weighted by molar-refractivity contribution is 5.94. The predicted molar refractivity (Wildman–Crippen MR) is 145 cm³/mol. The maximum Gasteiger partial charge on any atom is 0.337 e. The van der Waals surface area contributed by atoms with Gasteiger partial charge in [0.05, 0.1) is 29.0 Å². The van der Waals surface area contributed by atoms with Crippen LogP contribution in [0.1, 0.15) is 40.0 Å². The summed E-state index contributed by atoms with van der Waals surface area (Å²) in [6.07, 6.45) is 0. The number of nitrogens with zero attached hydrogens (tertiary/aromatic N) is 1. The standard InChI is InChI=1S/C30H30N2O5/c1-19-13-23(20(2)31-25-12-8-7-11-22(25)29(34)35)28-24(14-19)26(33)15-27(37-28)32-16-30(17-32,18-36-3)21-9-5-4-6-10-21/h4-15,20,31H,16-18H2,1-3H3,(H,34,35). The molecule has 0 bridgehead atoms. The number of carboxylic acids is 1. The molecular weight excluding hydrogens is 468 g/mol. The Labute approximate surface area is 215 Å². The van der Waals surface area contributed by atoms with Crippen molar-refractivity contribution in [3.63, 3.8) is 0 Å². The third-order valence-corrected chi connectivity index (χ3v) is 7.09. The lowest BCUT2D eigenvalue weighted by molar-refractivity contribution is 0.0698. The molecule has 7 nitrogen and oxygen atoms in total. The first kappa shape index (κ1) is 24.6. The molecule has 1 saturated heterocycles. The smallest absolute Gasteiger partial charge is 0.337 e. The van der Waals surface area contributed by atoms with E-state index in [0.29, 0.717) is 42.2 Å². The molecule has 0 aliphatic carbocycles. The van der Waals surface area contributed by atoms with Crippen LogP contribution in [0.15, 0.2) is 82.0 Å². The number of hydrogen-bond donors (Lipinski definition) is 2. The number of aromatic carboxylic acids is 1. The second-order valence-electron chi connectivity index (χ2n) is 9.83. The van der Waals surface area contributed by atoms with Gasteiger partial charge < -0.3 is 24.5 Å². The number of fused-ring (bicyclic) bond motifs is 1. The minimum atomic E-state index is -1.01. The molecule has 1 aliphatic rings. The molecular formula is C30H30N2O5. The summed E-state index contributed by atoms with van der Waals surface area (Å²) in [6.45, 7) is 5.77. The highest BCUT2D eigenvalue weighted by Gasteiger charge is 2.45. The third-order valence-electron chi connectivity index (χ3n) is 7.09. The molecule has 2 heterocycles. The SMILES string of the molecule is COCC1(c2ccccc2)CN(c2cc(=O)c3cc(C)cc(C(C)Nc4ccccc4C(=O)O)c3o2)C1. The highest BCUT2D eigenvalue weighted by Crippen LogP contribution is 2.39. The number of para-hydroxylation sites is 1. The number of benzene rings is 3. The van der Waals surface area contributed by atoms with Gasteiger partial charge in [-0.25, -0.2) is 4.79 Å². The number of aryl methyl sites for hydroxylation is 1. The fraction of sp³-hybridized carbons (Fsp3) is 0.267. The molecule has 1 fully saturated rings. The third kappa shape index (κ3) is 4.58. The summed E-state index contributed by atoms with van der Waals surface area (Å²) in [5.41, 5.74) is 3.83. The van der Waals surface area contributed by atoms with Gasteiger partial charge in [-0.05, 0) is 43.2 Å². The summed E-state index contributed by atoms with van der Waals surface area (Å²) >= 11 is 0. The maximum absolute atomic E-state index is 13.2. The fourth-order valence-electron chi connectivity index (χ4n) is 5.27. The summed E-state index contributed by atoms with van der Waals surface area (Å²) in [4.78, 5) is 27.0. The summed E-state index contributed by atoms with van der Waals surface area (Å²) in [5, 5.41) is 13.4. The van der Waals surface area contributed by atoms with Gasteiger partial charge in [0, 0.05) is 37.5 Å². The van der Waals surface area contributed by atoms with E-state index in [1.165, 1.54) is 5.56 Å².